The van der Waals surface area contributed by atoms with Crippen LogP contribution >= 0.6 is 0 Å². The highest BCUT2D eigenvalue weighted by molar-refractivity contribution is 5.76. The van der Waals surface area contributed by atoms with Gasteiger partial charge in [-0.25, -0.2) is 0 Å². The second-order valence-electron chi connectivity index (χ2n) is 5.84. The van der Waals surface area contributed by atoms with E-state index in [1.165, 1.54) is 15.7 Å². The van der Waals surface area contributed by atoms with Gasteiger partial charge in [-0.1, -0.05) is 30.3 Å². The molecule has 22 heavy (non-hydrogen) atoms. The molecule has 1 amide bonds. The second kappa shape index (κ2) is 6.18. The summed E-state index contributed by atoms with van der Waals surface area (Å²) >= 11 is 0. The van der Waals surface area contributed by atoms with Crippen molar-refractivity contribution in [3.63, 3.8) is 0 Å². The van der Waals surface area contributed by atoms with Crippen molar-refractivity contribution in [2.45, 2.75) is 38.8 Å². The van der Waals surface area contributed by atoms with Crippen molar-refractivity contribution in [1.82, 2.24) is 9.88 Å². The van der Waals surface area contributed by atoms with E-state index in [9.17, 15) is 9.59 Å². The number of pyridine rings is 1. The van der Waals surface area contributed by atoms with Crippen LogP contribution in [0.3, 0.4) is 0 Å². The number of carbonyl (C=O) groups excluding carboxylic acids is 1. The predicted octanol–water partition coefficient (Wildman–Crippen LogP) is 2.35. The Labute approximate surface area is 129 Å². The summed E-state index contributed by atoms with van der Waals surface area (Å²) in [6.07, 6.45) is 4.75. The predicted molar refractivity (Wildman–Crippen MR) is 85.7 cm³/mol. The second-order valence-corrected chi connectivity index (χ2v) is 5.84. The average Bonchev–Trinajstić information content (AvgIpc) is 2.52. The minimum Gasteiger partial charge on any atom is -0.348 e. The summed E-state index contributed by atoms with van der Waals surface area (Å²) in [5.41, 5.74) is 3.06. The van der Waals surface area contributed by atoms with E-state index in [0.29, 0.717) is 5.56 Å². The van der Waals surface area contributed by atoms with Crippen LogP contribution in [0.25, 0.3) is 0 Å². The molecule has 1 aliphatic carbocycles. The van der Waals surface area contributed by atoms with Gasteiger partial charge < -0.3 is 9.88 Å². The maximum absolute atomic E-state index is 12.3. The number of hydrogen-bond donors (Lipinski definition) is 1. The fourth-order valence-corrected chi connectivity index (χ4v) is 3.08. The van der Waals surface area contributed by atoms with Gasteiger partial charge in [0.25, 0.3) is 5.56 Å². The lowest BCUT2D eigenvalue weighted by molar-refractivity contribution is -0.122. The Bertz CT molecular complexity index is 749. The van der Waals surface area contributed by atoms with Gasteiger partial charge in [0.15, 0.2) is 0 Å². The molecule has 1 aromatic heterocycles. The van der Waals surface area contributed by atoms with Gasteiger partial charge in [-0.2, -0.15) is 0 Å². The molecule has 0 aliphatic heterocycles. The number of carbonyl (C=O) groups is 1. The summed E-state index contributed by atoms with van der Waals surface area (Å²) < 4.78 is 1.46. The SMILES string of the molecule is Cc1cccn(CC(=O)NC2CCCc3ccccc32)c1=O. The molecule has 0 radical (unpaired) electrons. The zero-order valence-corrected chi connectivity index (χ0v) is 12.7. The van der Waals surface area contributed by atoms with Crippen molar-refractivity contribution in [2.75, 3.05) is 0 Å². The molecule has 1 aromatic carbocycles. The fraction of sp³-hybridized carbons (Fsp3) is 0.333. The molecule has 1 unspecified atom stereocenters. The van der Waals surface area contributed by atoms with Crippen molar-refractivity contribution >= 4 is 5.91 Å². The molecular weight excluding hydrogens is 276 g/mol. The van der Waals surface area contributed by atoms with Crippen LogP contribution < -0.4 is 10.9 Å². The van der Waals surface area contributed by atoms with Crippen molar-refractivity contribution in [3.8, 4) is 0 Å². The number of nitrogens with zero attached hydrogens (tertiary/aromatic N) is 1. The monoisotopic (exact) mass is 296 g/mol. The summed E-state index contributed by atoms with van der Waals surface area (Å²) in [7, 11) is 0. The molecular formula is C18H20N2O2. The van der Waals surface area contributed by atoms with E-state index < -0.39 is 0 Å². The molecule has 1 N–H and O–H groups in total. The number of aryl methyl sites for hydroxylation is 2. The van der Waals surface area contributed by atoms with E-state index in [1.54, 1.807) is 25.3 Å². The lowest BCUT2D eigenvalue weighted by atomic mass is 9.88. The van der Waals surface area contributed by atoms with Crippen LogP contribution in [0.1, 0.15) is 35.6 Å². The van der Waals surface area contributed by atoms with Gasteiger partial charge in [0, 0.05) is 11.8 Å². The Morgan fingerprint density at radius 3 is 2.95 bits per heavy atom. The van der Waals surface area contributed by atoms with Crippen LogP contribution in [0.5, 0.6) is 0 Å². The van der Waals surface area contributed by atoms with E-state index in [2.05, 4.69) is 17.4 Å². The third kappa shape index (κ3) is 2.96. The Hall–Kier alpha value is -2.36. The summed E-state index contributed by atoms with van der Waals surface area (Å²) in [5, 5.41) is 3.07. The standard InChI is InChI=1S/C18H20N2O2/c1-13-6-5-11-20(18(13)22)12-17(21)19-16-10-4-8-14-7-2-3-9-15(14)16/h2-3,5-7,9,11,16H,4,8,10,12H2,1H3,(H,19,21). The summed E-state index contributed by atoms with van der Waals surface area (Å²) in [4.78, 5) is 24.3. The number of aromatic nitrogens is 1. The van der Waals surface area contributed by atoms with Crippen LogP contribution in [0, 0.1) is 6.92 Å². The van der Waals surface area contributed by atoms with Gasteiger partial charge in [-0.15, -0.1) is 0 Å². The summed E-state index contributed by atoms with van der Waals surface area (Å²) in [6, 6.07) is 11.9. The third-order valence-electron chi connectivity index (χ3n) is 4.23. The first-order chi connectivity index (χ1) is 10.6. The van der Waals surface area contributed by atoms with Crippen LogP contribution in [0.4, 0.5) is 0 Å². The number of fused-ring (bicyclic) bond motifs is 1. The highest BCUT2D eigenvalue weighted by Crippen LogP contribution is 2.29. The van der Waals surface area contributed by atoms with E-state index in [1.807, 2.05) is 12.1 Å². The molecule has 2 aromatic rings. The van der Waals surface area contributed by atoms with Gasteiger partial charge in [-0.05, 0) is 43.4 Å². The molecule has 3 rings (SSSR count). The molecule has 0 fully saturated rings. The van der Waals surface area contributed by atoms with Crippen LogP contribution in [-0.4, -0.2) is 10.5 Å². The Morgan fingerprint density at radius 2 is 2.09 bits per heavy atom. The zero-order chi connectivity index (χ0) is 15.5. The number of nitrogens with one attached hydrogen (secondary N) is 1. The minimum absolute atomic E-state index is 0.0537. The molecule has 0 saturated heterocycles. The van der Waals surface area contributed by atoms with E-state index in [-0.39, 0.29) is 24.1 Å². The molecule has 0 bridgehead atoms. The molecule has 0 saturated carbocycles. The quantitative estimate of drug-likeness (QED) is 0.945. The van der Waals surface area contributed by atoms with Gasteiger partial charge in [0.1, 0.15) is 6.54 Å². The average molecular weight is 296 g/mol. The number of hydrogen-bond acceptors (Lipinski definition) is 2. The normalized spacial score (nSPS) is 16.9. The van der Waals surface area contributed by atoms with Crippen molar-refractivity contribution < 1.29 is 4.79 Å². The Morgan fingerprint density at radius 1 is 1.27 bits per heavy atom. The summed E-state index contributed by atoms with van der Waals surface area (Å²) in [6.45, 7) is 1.83. The number of amides is 1. The van der Waals surface area contributed by atoms with Crippen LogP contribution in [0.2, 0.25) is 0 Å². The minimum atomic E-state index is -0.116. The highest BCUT2D eigenvalue weighted by Gasteiger charge is 2.21. The lowest BCUT2D eigenvalue weighted by Gasteiger charge is -2.26. The topological polar surface area (TPSA) is 51.1 Å². The molecule has 1 heterocycles. The van der Waals surface area contributed by atoms with Gasteiger partial charge in [-0.3, -0.25) is 9.59 Å². The molecule has 0 spiro atoms. The van der Waals surface area contributed by atoms with Gasteiger partial charge in [0.2, 0.25) is 5.91 Å². The Balaban J connectivity index is 1.73. The Kier molecular flexibility index (Phi) is 4.09. The maximum Gasteiger partial charge on any atom is 0.253 e. The highest BCUT2D eigenvalue weighted by atomic mass is 16.2. The first kappa shape index (κ1) is 14.6. The molecule has 1 aliphatic rings. The van der Waals surface area contributed by atoms with Crippen molar-refractivity contribution in [3.05, 3.63) is 69.6 Å². The van der Waals surface area contributed by atoms with Crippen molar-refractivity contribution in [2.24, 2.45) is 0 Å². The largest absolute Gasteiger partial charge is 0.348 e. The maximum atomic E-state index is 12.3. The van der Waals surface area contributed by atoms with E-state index in [0.717, 1.165) is 19.3 Å². The van der Waals surface area contributed by atoms with Crippen LogP contribution in [0.15, 0.2) is 47.4 Å². The van der Waals surface area contributed by atoms with E-state index in [4.69, 9.17) is 0 Å². The molecule has 4 heteroatoms. The zero-order valence-electron chi connectivity index (χ0n) is 12.7. The first-order valence-corrected chi connectivity index (χ1v) is 7.68. The molecule has 4 nitrogen and oxygen atoms in total. The van der Waals surface area contributed by atoms with Crippen molar-refractivity contribution in [1.29, 1.82) is 0 Å². The van der Waals surface area contributed by atoms with E-state index >= 15 is 0 Å². The number of benzene rings is 1. The smallest absolute Gasteiger partial charge is 0.253 e. The number of rotatable bonds is 3. The third-order valence-corrected chi connectivity index (χ3v) is 4.23. The first-order valence-electron chi connectivity index (χ1n) is 7.68. The lowest BCUT2D eigenvalue weighted by Crippen LogP contribution is -2.36. The fourth-order valence-electron chi connectivity index (χ4n) is 3.08. The molecule has 1 atom stereocenters. The van der Waals surface area contributed by atoms with Gasteiger partial charge in [0.05, 0.1) is 6.04 Å². The summed E-state index contributed by atoms with van der Waals surface area (Å²) in [5.74, 6) is -0.116. The van der Waals surface area contributed by atoms with Gasteiger partial charge >= 0.3 is 0 Å². The molecule has 114 valence electrons. The van der Waals surface area contributed by atoms with Crippen LogP contribution in [-0.2, 0) is 17.8 Å².